The van der Waals surface area contributed by atoms with E-state index in [1.54, 1.807) is 0 Å². The molecule has 3 nitrogen and oxygen atoms in total. The average molecular weight is 304 g/mol. The molecule has 0 aliphatic rings. The van der Waals surface area contributed by atoms with E-state index >= 15 is 0 Å². The summed E-state index contributed by atoms with van der Waals surface area (Å²) < 4.78 is 4.94. The van der Waals surface area contributed by atoms with Crippen LogP contribution in [0.1, 0.15) is 60.8 Å². The van der Waals surface area contributed by atoms with Crippen molar-refractivity contribution < 1.29 is 9.53 Å². The van der Waals surface area contributed by atoms with Crippen molar-refractivity contribution in [2.45, 2.75) is 77.6 Å². The van der Waals surface area contributed by atoms with Crippen LogP contribution in [0.2, 0.25) is 0 Å². The lowest BCUT2D eigenvalue weighted by Gasteiger charge is -2.30. The van der Waals surface area contributed by atoms with Gasteiger partial charge in [-0.05, 0) is 45.3 Å². The third-order valence-electron chi connectivity index (χ3n) is 3.63. The van der Waals surface area contributed by atoms with Crippen LogP contribution < -0.4 is 5.32 Å². The van der Waals surface area contributed by atoms with E-state index in [0.29, 0.717) is 5.25 Å². The fourth-order valence-electron chi connectivity index (χ4n) is 2.14. The van der Waals surface area contributed by atoms with Crippen molar-refractivity contribution in [2.75, 3.05) is 12.9 Å². The zero-order chi connectivity index (χ0) is 15.8. The van der Waals surface area contributed by atoms with Gasteiger partial charge in [-0.2, -0.15) is 11.8 Å². The lowest BCUT2D eigenvalue weighted by atomic mass is 9.94. The highest BCUT2D eigenvalue weighted by molar-refractivity contribution is 7.99. The Labute approximate surface area is 129 Å². The highest BCUT2D eigenvalue weighted by Gasteiger charge is 2.33. The highest BCUT2D eigenvalue weighted by Crippen LogP contribution is 2.22. The Morgan fingerprint density at radius 3 is 2.25 bits per heavy atom. The van der Waals surface area contributed by atoms with Crippen molar-refractivity contribution in [1.82, 2.24) is 5.32 Å². The van der Waals surface area contributed by atoms with E-state index in [-0.39, 0.29) is 12.0 Å². The normalized spacial score (nSPS) is 16.2. The number of carbonyl (C=O) groups excluding carboxylic acids is 1. The van der Waals surface area contributed by atoms with Crippen molar-refractivity contribution in [1.29, 1.82) is 0 Å². The van der Waals surface area contributed by atoms with Gasteiger partial charge >= 0.3 is 5.97 Å². The minimum atomic E-state index is -0.558. The minimum Gasteiger partial charge on any atom is -0.468 e. The van der Waals surface area contributed by atoms with Gasteiger partial charge in [-0.15, -0.1) is 0 Å². The summed E-state index contributed by atoms with van der Waals surface area (Å²) in [6.45, 7) is 12.9. The van der Waals surface area contributed by atoms with Crippen LogP contribution in [0.25, 0.3) is 0 Å². The molecule has 120 valence electrons. The van der Waals surface area contributed by atoms with E-state index in [1.165, 1.54) is 7.11 Å². The molecule has 0 saturated heterocycles. The first-order valence-electron chi connectivity index (χ1n) is 7.70. The molecule has 2 unspecified atom stereocenters. The van der Waals surface area contributed by atoms with Crippen LogP contribution in [0.15, 0.2) is 0 Å². The van der Waals surface area contributed by atoms with E-state index in [9.17, 15) is 4.79 Å². The number of hydrogen-bond donors (Lipinski definition) is 1. The number of thioether (sulfide) groups is 1. The SMILES string of the molecule is COC(=O)C(C)(CCCCSC(C)C(C)C)NC(C)C. The van der Waals surface area contributed by atoms with Gasteiger partial charge in [-0.3, -0.25) is 10.1 Å². The molecule has 4 heteroatoms. The lowest BCUT2D eigenvalue weighted by Crippen LogP contribution is -2.52. The molecule has 0 bridgehead atoms. The second-order valence-corrected chi connectivity index (χ2v) is 7.88. The molecular weight excluding hydrogens is 270 g/mol. The maximum Gasteiger partial charge on any atom is 0.325 e. The maximum absolute atomic E-state index is 11.9. The van der Waals surface area contributed by atoms with Crippen molar-refractivity contribution >= 4 is 17.7 Å². The molecule has 0 fully saturated rings. The lowest BCUT2D eigenvalue weighted by molar-refractivity contribution is -0.148. The first kappa shape index (κ1) is 19.8. The Balaban J connectivity index is 4.12. The topological polar surface area (TPSA) is 38.3 Å². The molecule has 0 saturated carbocycles. The summed E-state index contributed by atoms with van der Waals surface area (Å²) in [6, 6.07) is 0.273. The number of ether oxygens (including phenoxy) is 1. The van der Waals surface area contributed by atoms with Gasteiger partial charge < -0.3 is 4.74 Å². The molecule has 0 aromatic heterocycles. The molecule has 1 N–H and O–H groups in total. The van der Waals surface area contributed by atoms with Gasteiger partial charge in [0.05, 0.1) is 7.11 Å². The zero-order valence-electron chi connectivity index (χ0n) is 14.3. The molecule has 0 spiro atoms. The average Bonchev–Trinajstić information content (AvgIpc) is 2.35. The van der Waals surface area contributed by atoms with Crippen LogP contribution in [0.4, 0.5) is 0 Å². The van der Waals surface area contributed by atoms with Crippen molar-refractivity contribution in [3.8, 4) is 0 Å². The highest BCUT2D eigenvalue weighted by atomic mass is 32.2. The number of hydrogen-bond acceptors (Lipinski definition) is 4. The van der Waals surface area contributed by atoms with Crippen molar-refractivity contribution in [3.05, 3.63) is 0 Å². The summed E-state index contributed by atoms with van der Waals surface area (Å²) >= 11 is 2.03. The summed E-state index contributed by atoms with van der Waals surface area (Å²) in [5.41, 5.74) is -0.558. The molecule has 20 heavy (non-hydrogen) atoms. The first-order chi connectivity index (χ1) is 9.23. The number of methoxy groups -OCH3 is 1. The molecule has 0 aromatic carbocycles. The van der Waals surface area contributed by atoms with E-state index < -0.39 is 5.54 Å². The fraction of sp³-hybridized carbons (Fsp3) is 0.938. The van der Waals surface area contributed by atoms with Crippen LogP contribution >= 0.6 is 11.8 Å². The number of esters is 1. The van der Waals surface area contributed by atoms with Crippen molar-refractivity contribution in [3.63, 3.8) is 0 Å². The van der Waals surface area contributed by atoms with Gasteiger partial charge in [-0.1, -0.05) is 27.2 Å². The van der Waals surface area contributed by atoms with Crippen LogP contribution in [0.3, 0.4) is 0 Å². The molecule has 0 heterocycles. The van der Waals surface area contributed by atoms with E-state index in [0.717, 1.165) is 30.9 Å². The summed E-state index contributed by atoms with van der Waals surface area (Å²) in [4.78, 5) is 11.9. The summed E-state index contributed by atoms with van der Waals surface area (Å²) in [6.07, 6.45) is 3.02. The van der Waals surface area contributed by atoms with Crippen molar-refractivity contribution in [2.24, 2.45) is 5.92 Å². The Hall–Kier alpha value is -0.220. The molecule has 2 atom stereocenters. The van der Waals surface area contributed by atoms with E-state index in [4.69, 9.17) is 4.74 Å². The van der Waals surface area contributed by atoms with Gasteiger partial charge in [0, 0.05) is 11.3 Å². The van der Waals surface area contributed by atoms with Crippen LogP contribution in [-0.2, 0) is 9.53 Å². The van der Waals surface area contributed by atoms with Gasteiger partial charge in [-0.25, -0.2) is 0 Å². The second-order valence-electron chi connectivity index (χ2n) is 6.40. The molecule has 0 amide bonds. The molecule has 0 aromatic rings. The van der Waals surface area contributed by atoms with E-state index in [2.05, 4.69) is 39.9 Å². The third-order valence-corrected chi connectivity index (χ3v) is 5.23. The van der Waals surface area contributed by atoms with Gasteiger partial charge in [0.15, 0.2) is 0 Å². The zero-order valence-corrected chi connectivity index (χ0v) is 15.1. The summed E-state index contributed by atoms with van der Waals surface area (Å²) in [5, 5.41) is 4.05. The predicted octanol–water partition coefficient (Wildman–Crippen LogP) is 3.86. The van der Waals surface area contributed by atoms with E-state index in [1.807, 2.05) is 18.7 Å². The Kier molecular flexibility index (Phi) is 9.56. The molecule has 0 rings (SSSR count). The Morgan fingerprint density at radius 2 is 1.80 bits per heavy atom. The standard InChI is InChI=1S/C16H33NO2S/c1-12(2)14(5)20-11-9-8-10-16(6,15(18)19-7)17-13(3)4/h12-14,17H,8-11H2,1-7H3. The first-order valence-corrected chi connectivity index (χ1v) is 8.75. The number of carbonyl (C=O) groups is 1. The largest absolute Gasteiger partial charge is 0.468 e. The molecule has 0 radical (unpaired) electrons. The third kappa shape index (κ3) is 7.53. The maximum atomic E-state index is 11.9. The summed E-state index contributed by atoms with van der Waals surface area (Å²) in [5.74, 6) is 1.73. The smallest absolute Gasteiger partial charge is 0.325 e. The monoisotopic (exact) mass is 303 g/mol. The molecular formula is C16H33NO2S. The number of nitrogens with one attached hydrogen (secondary N) is 1. The molecule has 0 aliphatic carbocycles. The Bertz CT molecular complexity index is 282. The number of unbranched alkanes of at least 4 members (excludes halogenated alkanes) is 1. The van der Waals surface area contributed by atoms with Crippen LogP contribution in [0.5, 0.6) is 0 Å². The Morgan fingerprint density at radius 1 is 1.20 bits per heavy atom. The quantitative estimate of drug-likeness (QED) is 0.491. The predicted molar refractivity (Wildman–Crippen MR) is 89.3 cm³/mol. The second kappa shape index (κ2) is 9.67. The van der Waals surface area contributed by atoms with Crippen LogP contribution in [0, 0.1) is 5.92 Å². The van der Waals surface area contributed by atoms with Gasteiger partial charge in [0.1, 0.15) is 5.54 Å². The van der Waals surface area contributed by atoms with Gasteiger partial charge in [0.25, 0.3) is 0 Å². The minimum absolute atomic E-state index is 0.158. The fourth-order valence-corrected chi connectivity index (χ4v) is 3.27. The number of rotatable bonds is 10. The van der Waals surface area contributed by atoms with Crippen LogP contribution in [-0.4, -0.2) is 35.7 Å². The van der Waals surface area contributed by atoms with Gasteiger partial charge in [0.2, 0.25) is 0 Å². The molecule has 0 aliphatic heterocycles. The summed E-state index contributed by atoms with van der Waals surface area (Å²) in [7, 11) is 1.46.